The summed E-state index contributed by atoms with van der Waals surface area (Å²) in [5.41, 5.74) is 11.5. The summed E-state index contributed by atoms with van der Waals surface area (Å²) in [5, 5.41) is 4.76. The molecule has 2 N–H and O–H groups in total. The molecule has 5 rings (SSSR count). The highest BCUT2D eigenvalue weighted by Gasteiger charge is 2.30. The number of aromatic nitrogens is 4. The van der Waals surface area contributed by atoms with E-state index in [2.05, 4.69) is 40.4 Å². The summed E-state index contributed by atoms with van der Waals surface area (Å²) in [4.78, 5) is 8.96. The maximum Gasteiger partial charge on any atom is 0.200 e. The van der Waals surface area contributed by atoms with Gasteiger partial charge in [0.15, 0.2) is 5.82 Å². The summed E-state index contributed by atoms with van der Waals surface area (Å²) >= 11 is 0. The van der Waals surface area contributed by atoms with Crippen LogP contribution in [0.25, 0.3) is 28.2 Å². The minimum absolute atomic E-state index is 0.305. The van der Waals surface area contributed by atoms with Crippen LogP contribution in [0.1, 0.15) is 30.7 Å². The molecule has 1 aromatic carbocycles. The van der Waals surface area contributed by atoms with Crippen LogP contribution in [-0.2, 0) is 4.74 Å². The molecule has 0 saturated heterocycles. The van der Waals surface area contributed by atoms with Crippen molar-refractivity contribution >= 4 is 11.3 Å². The Balaban J connectivity index is 1.72. The van der Waals surface area contributed by atoms with Crippen molar-refractivity contribution in [2.45, 2.75) is 31.3 Å². The van der Waals surface area contributed by atoms with Crippen LogP contribution in [0.3, 0.4) is 0 Å². The predicted octanol–water partition coefficient (Wildman–Crippen LogP) is 4.32. The number of nitrogens with zero attached hydrogens (tertiary/aromatic N) is 4. The molecule has 3 heterocycles. The Kier molecular flexibility index (Phi) is 4.48. The second-order valence-electron chi connectivity index (χ2n) is 7.52. The second kappa shape index (κ2) is 7.29. The van der Waals surface area contributed by atoms with E-state index in [1.165, 1.54) is 5.56 Å². The van der Waals surface area contributed by atoms with Gasteiger partial charge in [-0.25, -0.2) is 9.50 Å². The van der Waals surface area contributed by atoms with E-state index >= 15 is 0 Å². The Morgan fingerprint density at radius 1 is 1.07 bits per heavy atom. The molecular formula is C23H23N5O. The van der Waals surface area contributed by atoms with Crippen LogP contribution in [-0.4, -0.2) is 32.8 Å². The number of methoxy groups -OCH3 is 1. The van der Waals surface area contributed by atoms with Crippen molar-refractivity contribution in [3.05, 3.63) is 66.5 Å². The van der Waals surface area contributed by atoms with E-state index in [9.17, 15) is 0 Å². The van der Waals surface area contributed by atoms with Gasteiger partial charge in [-0.3, -0.25) is 4.98 Å². The van der Waals surface area contributed by atoms with Gasteiger partial charge in [0.05, 0.1) is 6.10 Å². The van der Waals surface area contributed by atoms with Crippen LogP contribution in [0.5, 0.6) is 0 Å². The Labute approximate surface area is 169 Å². The van der Waals surface area contributed by atoms with E-state index in [1.54, 1.807) is 13.3 Å². The largest absolute Gasteiger partial charge is 0.382 e. The molecule has 2 atom stereocenters. The molecule has 4 aromatic rings. The smallest absolute Gasteiger partial charge is 0.200 e. The standard InChI is InChI=1S/C23H23N5O/c1-29-17-11-10-16(13-17)18-14-28-21(20(18)15-7-3-2-4-8-15)22(24)26-23(27-28)19-9-5-6-12-25-19/h2-9,12,14,16-17H,10-11,13H2,1H3,(H2,24,26,27)/t16-,17+/m1/s1. The van der Waals surface area contributed by atoms with E-state index < -0.39 is 0 Å². The lowest BCUT2D eigenvalue weighted by Crippen LogP contribution is -2.04. The van der Waals surface area contributed by atoms with Crippen molar-refractivity contribution in [3.63, 3.8) is 0 Å². The van der Waals surface area contributed by atoms with Crippen molar-refractivity contribution in [2.24, 2.45) is 0 Å². The number of pyridine rings is 1. The molecule has 6 heteroatoms. The van der Waals surface area contributed by atoms with Crippen molar-refractivity contribution in [3.8, 4) is 22.6 Å². The minimum atomic E-state index is 0.305. The van der Waals surface area contributed by atoms with Crippen LogP contribution in [0, 0.1) is 0 Å². The maximum absolute atomic E-state index is 6.47. The number of hydrogen-bond donors (Lipinski definition) is 1. The zero-order chi connectivity index (χ0) is 19.8. The normalized spacial score (nSPS) is 19.1. The molecule has 29 heavy (non-hydrogen) atoms. The van der Waals surface area contributed by atoms with Gasteiger partial charge in [0.1, 0.15) is 11.2 Å². The molecule has 1 aliphatic rings. The third kappa shape index (κ3) is 3.15. The Hall–Kier alpha value is -3.25. The summed E-state index contributed by atoms with van der Waals surface area (Å²) in [7, 11) is 1.80. The molecule has 6 nitrogen and oxygen atoms in total. The van der Waals surface area contributed by atoms with E-state index in [1.807, 2.05) is 28.8 Å². The summed E-state index contributed by atoms with van der Waals surface area (Å²) in [6, 6.07) is 16.1. The molecule has 0 radical (unpaired) electrons. The minimum Gasteiger partial charge on any atom is -0.382 e. The summed E-state index contributed by atoms with van der Waals surface area (Å²) in [5.74, 6) is 1.40. The molecule has 0 bridgehead atoms. The van der Waals surface area contributed by atoms with Gasteiger partial charge in [-0.15, -0.1) is 5.10 Å². The summed E-state index contributed by atoms with van der Waals surface area (Å²) in [6.07, 6.45) is 7.33. The van der Waals surface area contributed by atoms with Gasteiger partial charge in [0.25, 0.3) is 0 Å². The Morgan fingerprint density at radius 2 is 1.90 bits per heavy atom. The van der Waals surface area contributed by atoms with Gasteiger partial charge in [0.2, 0.25) is 5.82 Å². The number of ether oxygens (including phenoxy) is 1. The predicted molar refractivity (Wildman–Crippen MR) is 113 cm³/mol. The van der Waals surface area contributed by atoms with Crippen LogP contribution in [0.15, 0.2) is 60.9 Å². The zero-order valence-electron chi connectivity index (χ0n) is 16.3. The highest BCUT2D eigenvalue weighted by atomic mass is 16.5. The number of benzene rings is 1. The molecular weight excluding hydrogens is 362 g/mol. The third-order valence-electron chi connectivity index (χ3n) is 5.80. The van der Waals surface area contributed by atoms with E-state index in [4.69, 9.17) is 15.6 Å². The first kappa shape index (κ1) is 17.8. The fourth-order valence-electron chi connectivity index (χ4n) is 4.39. The van der Waals surface area contributed by atoms with E-state index in [-0.39, 0.29) is 0 Å². The highest BCUT2D eigenvalue weighted by molar-refractivity contribution is 5.90. The Bertz CT molecular complexity index is 1140. The van der Waals surface area contributed by atoms with Crippen molar-refractivity contribution in [2.75, 3.05) is 12.8 Å². The second-order valence-corrected chi connectivity index (χ2v) is 7.52. The van der Waals surface area contributed by atoms with Gasteiger partial charge in [-0.1, -0.05) is 36.4 Å². The first-order valence-electron chi connectivity index (χ1n) is 9.93. The first-order chi connectivity index (χ1) is 14.2. The molecule has 0 amide bonds. The lowest BCUT2D eigenvalue weighted by atomic mass is 9.92. The van der Waals surface area contributed by atoms with Crippen LogP contribution in [0.4, 0.5) is 5.82 Å². The molecule has 1 saturated carbocycles. The van der Waals surface area contributed by atoms with Gasteiger partial charge in [-0.2, -0.15) is 0 Å². The summed E-state index contributed by atoms with van der Waals surface area (Å²) < 4.78 is 7.49. The maximum atomic E-state index is 6.47. The van der Waals surface area contributed by atoms with Gasteiger partial charge < -0.3 is 10.5 Å². The topological polar surface area (TPSA) is 78.3 Å². The van der Waals surface area contributed by atoms with Gasteiger partial charge >= 0.3 is 0 Å². The van der Waals surface area contributed by atoms with Crippen LogP contribution < -0.4 is 5.73 Å². The number of nitrogen functional groups attached to an aromatic ring is 1. The fraction of sp³-hybridized carbons (Fsp3) is 0.261. The SMILES string of the molecule is CO[C@H]1CC[C@@H](c2cn3nc(-c4ccccn4)nc(N)c3c2-c2ccccc2)C1. The number of fused-ring (bicyclic) bond motifs is 1. The number of nitrogens with two attached hydrogens (primary N) is 1. The quantitative estimate of drug-likeness (QED) is 0.566. The molecule has 0 aliphatic heterocycles. The third-order valence-corrected chi connectivity index (χ3v) is 5.80. The van der Waals surface area contributed by atoms with Crippen LogP contribution in [0.2, 0.25) is 0 Å². The monoisotopic (exact) mass is 385 g/mol. The van der Waals surface area contributed by atoms with Gasteiger partial charge in [-0.05, 0) is 48.4 Å². The van der Waals surface area contributed by atoms with E-state index in [0.717, 1.165) is 35.9 Å². The van der Waals surface area contributed by atoms with E-state index in [0.29, 0.717) is 29.4 Å². The lowest BCUT2D eigenvalue weighted by Gasteiger charge is -2.12. The number of rotatable bonds is 4. The lowest BCUT2D eigenvalue weighted by molar-refractivity contribution is 0.108. The average Bonchev–Trinajstić information content (AvgIpc) is 3.39. The van der Waals surface area contributed by atoms with Crippen molar-refractivity contribution in [1.82, 2.24) is 19.6 Å². The van der Waals surface area contributed by atoms with Gasteiger partial charge in [0, 0.05) is 25.1 Å². The van der Waals surface area contributed by atoms with Crippen LogP contribution >= 0.6 is 0 Å². The average molecular weight is 385 g/mol. The molecule has 146 valence electrons. The molecule has 1 aliphatic carbocycles. The number of anilines is 1. The number of hydrogen-bond acceptors (Lipinski definition) is 5. The first-order valence-corrected chi connectivity index (χ1v) is 9.93. The fourth-order valence-corrected chi connectivity index (χ4v) is 4.39. The molecule has 1 fully saturated rings. The molecule has 3 aromatic heterocycles. The zero-order valence-corrected chi connectivity index (χ0v) is 16.3. The molecule has 0 unspecified atom stereocenters. The molecule has 0 spiro atoms. The van der Waals surface area contributed by atoms with Crippen molar-refractivity contribution in [1.29, 1.82) is 0 Å². The van der Waals surface area contributed by atoms with Crippen molar-refractivity contribution < 1.29 is 4.74 Å². The highest BCUT2D eigenvalue weighted by Crippen LogP contribution is 2.43. The summed E-state index contributed by atoms with van der Waals surface area (Å²) in [6.45, 7) is 0. The Morgan fingerprint density at radius 3 is 2.62 bits per heavy atom.